The fraction of sp³-hybridized carbons (Fsp3) is 0.500. The molecule has 0 bridgehead atoms. The first-order valence-corrected chi connectivity index (χ1v) is 6.78. The minimum Gasteiger partial charge on any atom is -0.397 e. The third-order valence-corrected chi connectivity index (χ3v) is 3.86. The average Bonchev–Trinajstić information content (AvgIpc) is 2.89. The molecule has 0 atom stereocenters. The van der Waals surface area contributed by atoms with Crippen molar-refractivity contribution in [2.75, 3.05) is 5.73 Å². The fourth-order valence-electron chi connectivity index (χ4n) is 2.61. The van der Waals surface area contributed by atoms with Crippen LogP contribution in [0.25, 0.3) is 11.6 Å². The van der Waals surface area contributed by atoms with Crippen LogP contribution >= 0.6 is 0 Å². The second-order valence-corrected chi connectivity index (χ2v) is 5.36. The fourth-order valence-corrected chi connectivity index (χ4v) is 2.61. The summed E-state index contributed by atoms with van der Waals surface area (Å²) in [6.07, 6.45) is 6.42. The molecular formula is C14H18N4O. The standard InChI is InChI=1S/C14H18N4O/c1-9-4-6-10(7-5-9)13-17-14(19-18-13)12-11(15)3-2-8-16-12/h2-3,8-10H,4-7,15H2,1H3. The van der Waals surface area contributed by atoms with Gasteiger partial charge in [0, 0.05) is 12.1 Å². The largest absolute Gasteiger partial charge is 0.397 e. The lowest BCUT2D eigenvalue weighted by Gasteiger charge is -2.23. The van der Waals surface area contributed by atoms with Crippen molar-refractivity contribution in [2.24, 2.45) is 5.92 Å². The Bertz CT molecular complexity index is 558. The van der Waals surface area contributed by atoms with Crippen LogP contribution < -0.4 is 5.73 Å². The number of nitrogens with zero attached hydrogens (tertiary/aromatic N) is 3. The molecule has 2 aromatic heterocycles. The van der Waals surface area contributed by atoms with Gasteiger partial charge in [-0.25, -0.2) is 4.98 Å². The quantitative estimate of drug-likeness (QED) is 0.895. The molecule has 2 heterocycles. The SMILES string of the molecule is CC1CCC(c2noc(-c3ncccc3N)n2)CC1. The summed E-state index contributed by atoms with van der Waals surface area (Å²) in [4.78, 5) is 8.67. The Morgan fingerprint density at radius 2 is 2.05 bits per heavy atom. The number of hydrogen-bond donors (Lipinski definition) is 1. The van der Waals surface area contributed by atoms with E-state index in [-0.39, 0.29) is 0 Å². The van der Waals surface area contributed by atoms with Gasteiger partial charge in [-0.2, -0.15) is 4.98 Å². The summed E-state index contributed by atoms with van der Waals surface area (Å²) in [7, 11) is 0. The molecule has 2 aromatic rings. The molecule has 19 heavy (non-hydrogen) atoms. The number of aromatic nitrogens is 3. The Kier molecular flexibility index (Phi) is 3.19. The highest BCUT2D eigenvalue weighted by atomic mass is 16.5. The average molecular weight is 258 g/mol. The summed E-state index contributed by atoms with van der Waals surface area (Å²) in [6, 6.07) is 3.58. The topological polar surface area (TPSA) is 77.8 Å². The second-order valence-electron chi connectivity index (χ2n) is 5.36. The van der Waals surface area contributed by atoms with Crippen molar-refractivity contribution < 1.29 is 4.52 Å². The molecule has 0 radical (unpaired) electrons. The maximum absolute atomic E-state index is 5.87. The van der Waals surface area contributed by atoms with E-state index in [1.54, 1.807) is 18.3 Å². The molecule has 0 unspecified atom stereocenters. The van der Waals surface area contributed by atoms with Crippen LogP contribution in [0.1, 0.15) is 44.3 Å². The van der Waals surface area contributed by atoms with Crippen LogP contribution in [-0.4, -0.2) is 15.1 Å². The van der Waals surface area contributed by atoms with E-state index < -0.39 is 0 Å². The highest BCUT2D eigenvalue weighted by Crippen LogP contribution is 2.35. The first-order valence-electron chi connectivity index (χ1n) is 6.78. The molecule has 3 rings (SSSR count). The summed E-state index contributed by atoms with van der Waals surface area (Å²) in [5.74, 6) is 2.45. The van der Waals surface area contributed by atoms with E-state index in [1.165, 1.54) is 12.8 Å². The van der Waals surface area contributed by atoms with Gasteiger partial charge in [-0.3, -0.25) is 0 Å². The third-order valence-electron chi connectivity index (χ3n) is 3.86. The molecule has 0 aromatic carbocycles. The summed E-state index contributed by atoms with van der Waals surface area (Å²) in [6.45, 7) is 2.30. The molecule has 2 N–H and O–H groups in total. The number of nitrogen functional groups attached to an aromatic ring is 1. The number of anilines is 1. The lowest BCUT2D eigenvalue weighted by atomic mass is 9.83. The van der Waals surface area contributed by atoms with Crippen molar-refractivity contribution >= 4 is 5.69 Å². The molecule has 1 aliphatic carbocycles. The molecule has 5 nitrogen and oxygen atoms in total. The van der Waals surface area contributed by atoms with Gasteiger partial charge in [0.25, 0.3) is 5.89 Å². The Hall–Kier alpha value is -1.91. The molecule has 1 fully saturated rings. The van der Waals surface area contributed by atoms with E-state index >= 15 is 0 Å². The second kappa shape index (κ2) is 4.99. The van der Waals surface area contributed by atoms with Crippen molar-refractivity contribution in [1.29, 1.82) is 0 Å². The van der Waals surface area contributed by atoms with Gasteiger partial charge in [0.15, 0.2) is 11.5 Å². The van der Waals surface area contributed by atoms with Crippen LogP contribution in [0, 0.1) is 5.92 Å². The van der Waals surface area contributed by atoms with Gasteiger partial charge in [-0.05, 0) is 30.9 Å². The first-order chi connectivity index (χ1) is 9.24. The Morgan fingerprint density at radius 3 is 2.79 bits per heavy atom. The van der Waals surface area contributed by atoms with Crippen molar-refractivity contribution in [1.82, 2.24) is 15.1 Å². The normalized spacial score (nSPS) is 23.4. The van der Waals surface area contributed by atoms with Gasteiger partial charge in [0.2, 0.25) is 0 Å². The third kappa shape index (κ3) is 2.45. The summed E-state index contributed by atoms with van der Waals surface area (Å²) < 4.78 is 5.31. The molecule has 1 saturated carbocycles. The molecule has 100 valence electrons. The minimum absolute atomic E-state index is 0.415. The zero-order chi connectivity index (χ0) is 13.2. The van der Waals surface area contributed by atoms with E-state index in [0.29, 0.717) is 23.2 Å². The number of hydrogen-bond acceptors (Lipinski definition) is 5. The van der Waals surface area contributed by atoms with Crippen molar-refractivity contribution in [3.05, 3.63) is 24.2 Å². The zero-order valence-corrected chi connectivity index (χ0v) is 11.0. The number of nitrogens with two attached hydrogens (primary N) is 1. The van der Waals surface area contributed by atoms with E-state index in [0.717, 1.165) is 24.6 Å². The Morgan fingerprint density at radius 1 is 1.26 bits per heavy atom. The van der Waals surface area contributed by atoms with Crippen LogP contribution in [0.15, 0.2) is 22.9 Å². The molecule has 0 aliphatic heterocycles. The van der Waals surface area contributed by atoms with Crippen LogP contribution in [0.4, 0.5) is 5.69 Å². The predicted molar refractivity (Wildman–Crippen MR) is 72.3 cm³/mol. The van der Waals surface area contributed by atoms with Gasteiger partial charge >= 0.3 is 0 Å². The summed E-state index contributed by atoms with van der Waals surface area (Å²) >= 11 is 0. The monoisotopic (exact) mass is 258 g/mol. The molecule has 1 aliphatic rings. The van der Waals surface area contributed by atoms with Gasteiger partial charge in [0.05, 0.1) is 5.69 Å². The molecule has 0 spiro atoms. The van der Waals surface area contributed by atoms with Crippen LogP contribution in [0.2, 0.25) is 0 Å². The zero-order valence-electron chi connectivity index (χ0n) is 11.0. The molecule has 0 saturated heterocycles. The van der Waals surface area contributed by atoms with Crippen molar-refractivity contribution in [3.8, 4) is 11.6 Å². The van der Waals surface area contributed by atoms with E-state index in [2.05, 4.69) is 22.0 Å². The Labute approximate surface area is 112 Å². The van der Waals surface area contributed by atoms with Crippen molar-refractivity contribution in [2.45, 2.75) is 38.5 Å². The van der Waals surface area contributed by atoms with E-state index in [4.69, 9.17) is 10.3 Å². The predicted octanol–water partition coefficient (Wildman–Crippen LogP) is 3.01. The summed E-state index contributed by atoms with van der Waals surface area (Å²) in [5.41, 5.74) is 7.01. The highest BCUT2D eigenvalue weighted by molar-refractivity contribution is 5.65. The van der Waals surface area contributed by atoms with Gasteiger partial charge in [0.1, 0.15) is 0 Å². The number of pyridine rings is 1. The van der Waals surface area contributed by atoms with Crippen molar-refractivity contribution in [3.63, 3.8) is 0 Å². The molecule has 0 amide bonds. The van der Waals surface area contributed by atoms with Crippen LogP contribution in [0.5, 0.6) is 0 Å². The summed E-state index contributed by atoms with van der Waals surface area (Å²) in [5, 5.41) is 4.10. The van der Waals surface area contributed by atoms with Crippen LogP contribution in [-0.2, 0) is 0 Å². The van der Waals surface area contributed by atoms with Gasteiger partial charge in [-0.1, -0.05) is 24.9 Å². The number of rotatable bonds is 2. The lowest BCUT2D eigenvalue weighted by Crippen LogP contribution is -2.11. The maximum atomic E-state index is 5.87. The minimum atomic E-state index is 0.415. The van der Waals surface area contributed by atoms with E-state index in [1.807, 2.05) is 0 Å². The molecular weight excluding hydrogens is 240 g/mol. The van der Waals surface area contributed by atoms with Gasteiger partial charge in [-0.15, -0.1) is 0 Å². The van der Waals surface area contributed by atoms with Crippen LogP contribution in [0.3, 0.4) is 0 Å². The Balaban J connectivity index is 1.82. The van der Waals surface area contributed by atoms with Gasteiger partial charge < -0.3 is 10.3 Å². The lowest BCUT2D eigenvalue weighted by molar-refractivity contribution is 0.329. The highest BCUT2D eigenvalue weighted by Gasteiger charge is 2.24. The molecule has 5 heteroatoms. The van der Waals surface area contributed by atoms with E-state index in [9.17, 15) is 0 Å². The maximum Gasteiger partial charge on any atom is 0.278 e. The smallest absolute Gasteiger partial charge is 0.278 e. The first kappa shape index (κ1) is 12.1.